The average molecular weight is 273 g/mol. The number of benzene rings is 1. The number of likely N-dealkylation sites (N-methyl/N-ethyl adjacent to an activating group) is 1. The Hall–Kier alpha value is -1.65. The van der Waals surface area contributed by atoms with Crippen molar-refractivity contribution >= 4 is 0 Å². The summed E-state index contributed by atoms with van der Waals surface area (Å²) in [7, 11) is 3.95. The highest BCUT2D eigenvalue weighted by Gasteiger charge is 2.16. The Morgan fingerprint density at radius 3 is 2.60 bits per heavy atom. The van der Waals surface area contributed by atoms with Gasteiger partial charge in [-0.1, -0.05) is 30.3 Å². The standard InChI is InChI=1S/C16H23N3O/c1-13(15-10-17-19(3)11-15)18(2)12-16(20)9-14-7-5-4-6-8-14/h4-8,10-11,13,16,20H,9,12H2,1-3H3. The molecule has 20 heavy (non-hydrogen) atoms. The molecule has 2 aromatic rings. The van der Waals surface area contributed by atoms with Gasteiger partial charge in [0.1, 0.15) is 0 Å². The lowest BCUT2D eigenvalue weighted by Gasteiger charge is -2.26. The van der Waals surface area contributed by atoms with Crippen molar-refractivity contribution < 1.29 is 5.11 Å². The second-order valence-corrected chi connectivity index (χ2v) is 5.41. The largest absolute Gasteiger partial charge is 0.391 e. The molecule has 1 N–H and O–H groups in total. The first kappa shape index (κ1) is 14.8. The topological polar surface area (TPSA) is 41.3 Å². The number of nitrogens with zero attached hydrogens (tertiary/aromatic N) is 3. The number of hydrogen-bond donors (Lipinski definition) is 1. The number of aliphatic hydroxyl groups is 1. The Bertz CT molecular complexity index is 524. The molecule has 0 spiro atoms. The van der Waals surface area contributed by atoms with Gasteiger partial charge in [-0.05, 0) is 26.0 Å². The minimum Gasteiger partial charge on any atom is -0.391 e. The van der Waals surface area contributed by atoms with Crippen molar-refractivity contribution in [1.29, 1.82) is 0 Å². The fourth-order valence-corrected chi connectivity index (χ4v) is 2.35. The molecule has 0 bridgehead atoms. The number of aromatic nitrogens is 2. The highest BCUT2D eigenvalue weighted by atomic mass is 16.3. The summed E-state index contributed by atoms with van der Waals surface area (Å²) >= 11 is 0. The van der Waals surface area contributed by atoms with Crippen LogP contribution in [0.5, 0.6) is 0 Å². The Kier molecular flexibility index (Phi) is 4.93. The Labute approximate surface area is 120 Å². The molecule has 0 saturated heterocycles. The summed E-state index contributed by atoms with van der Waals surface area (Å²) < 4.78 is 1.81. The molecule has 0 aliphatic heterocycles. The predicted molar refractivity (Wildman–Crippen MR) is 80.4 cm³/mol. The third-order valence-electron chi connectivity index (χ3n) is 3.68. The van der Waals surface area contributed by atoms with Crippen LogP contribution in [-0.2, 0) is 13.5 Å². The summed E-state index contributed by atoms with van der Waals surface area (Å²) in [6.07, 6.45) is 4.22. The van der Waals surface area contributed by atoms with Crippen molar-refractivity contribution in [3.63, 3.8) is 0 Å². The maximum absolute atomic E-state index is 10.2. The quantitative estimate of drug-likeness (QED) is 0.875. The van der Waals surface area contributed by atoms with Crippen LogP contribution in [0.3, 0.4) is 0 Å². The summed E-state index contributed by atoms with van der Waals surface area (Å²) in [5.74, 6) is 0. The lowest BCUT2D eigenvalue weighted by atomic mass is 10.1. The van der Waals surface area contributed by atoms with Gasteiger partial charge in [0.25, 0.3) is 0 Å². The van der Waals surface area contributed by atoms with E-state index in [1.807, 2.05) is 56.8 Å². The maximum Gasteiger partial charge on any atom is 0.0707 e. The maximum atomic E-state index is 10.2. The van der Waals surface area contributed by atoms with Gasteiger partial charge in [-0.2, -0.15) is 5.10 Å². The molecule has 0 aliphatic carbocycles. The molecule has 2 atom stereocenters. The van der Waals surface area contributed by atoms with E-state index in [9.17, 15) is 5.11 Å². The second-order valence-electron chi connectivity index (χ2n) is 5.41. The molecule has 0 saturated carbocycles. The molecule has 4 nitrogen and oxygen atoms in total. The van der Waals surface area contributed by atoms with Gasteiger partial charge in [0.15, 0.2) is 0 Å². The number of rotatable bonds is 6. The van der Waals surface area contributed by atoms with Gasteiger partial charge < -0.3 is 5.11 Å². The van der Waals surface area contributed by atoms with Gasteiger partial charge in [-0.3, -0.25) is 9.58 Å². The summed E-state index contributed by atoms with van der Waals surface area (Å²) in [5.41, 5.74) is 2.34. The number of aryl methyl sites for hydroxylation is 1. The lowest BCUT2D eigenvalue weighted by Crippen LogP contribution is -2.32. The van der Waals surface area contributed by atoms with Crippen LogP contribution in [0.15, 0.2) is 42.7 Å². The molecule has 0 aliphatic rings. The van der Waals surface area contributed by atoms with E-state index < -0.39 is 0 Å². The van der Waals surface area contributed by atoms with E-state index in [-0.39, 0.29) is 12.1 Å². The van der Waals surface area contributed by atoms with E-state index in [4.69, 9.17) is 0 Å². The van der Waals surface area contributed by atoms with Gasteiger partial charge in [0.05, 0.1) is 12.3 Å². The predicted octanol–water partition coefficient (Wildman–Crippen LogP) is 2.02. The van der Waals surface area contributed by atoms with Crippen molar-refractivity contribution in [2.24, 2.45) is 7.05 Å². The van der Waals surface area contributed by atoms with Crippen LogP contribution >= 0.6 is 0 Å². The summed E-state index contributed by atoms with van der Waals surface area (Å²) in [6.45, 7) is 2.78. The molecular formula is C16H23N3O. The highest BCUT2D eigenvalue weighted by molar-refractivity contribution is 5.15. The van der Waals surface area contributed by atoms with Gasteiger partial charge >= 0.3 is 0 Å². The summed E-state index contributed by atoms with van der Waals surface area (Å²) in [6, 6.07) is 10.3. The van der Waals surface area contributed by atoms with E-state index in [2.05, 4.69) is 16.9 Å². The zero-order valence-corrected chi connectivity index (χ0v) is 12.4. The molecule has 0 radical (unpaired) electrons. The van der Waals surface area contributed by atoms with Crippen molar-refractivity contribution in [3.8, 4) is 0 Å². The average Bonchev–Trinajstić information content (AvgIpc) is 2.85. The Morgan fingerprint density at radius 1 is 1.30 bits per heavy atom. The van der Waals surface area contributed by atoms with Crippen LogP contribution in [-0.4, -0.2) is 39.5 Å². The SMILES string of the molecule is CC(c1cnn(C)c1)N(C)CC(O)Cc1ccccc1. The van der Waals surface area contributed by atoms with Crippen LogP contribution in [0.2, 0.25) is 0 Å². The molecule has 2 rings (SSSR count). The van der Waals surface area contributed by atoms with Crippen LogP contribution < -0.4 is 0 Å². The molecule has 0 fully saturated rings. The first-order valence-corrected chi connectivity index (χ1v) is 6.97. The second kappa shape index (κ2) is 6.68. The van der Waals surface area contributed by atoms with Crippen LogP contribution in [0.4, 0.5) is 0 Å². The van der Waals surface area contributed by atoms with Crippen molar-refractivity contribution in [3.05, 3.63) is 53.9 Å². The highest BCUT2D eigenvalue weighted by Crippen LogP contribution is 2.18. The molecule has 4 heteroatoms. The molecule has 1 aromatic carbocycles. The summed E-state index contributed by atoms with van der Waals surface area (Å²) in [5, 5.41) is 14.4. The molecule has 0 amide bonds. The normalized spacial score (nSPS) is 14.4. The first-order valence-electron chi connectivity index (χ1n) is 6.97. The van der Waals surface area contributed by atoms with Crippen molar-refractivity contribution in [2.45, 2.75) is 25.5 Å². The van der Waals surface area contributed by atoms with E-state index in [1.54, 1.807) is 4.68 Å². The number of hydrogen-bond acceptors (Lipinski definition) is 3. The molecule has 108 valence electrons. The zero-order valence-electron chi connectivity index (χ0n) is 12.4. The fraction of sp³-hybridized carbons (Fsp3) is 0.438. The van der Waals surface area contributed by atoms with E-state index >= 15 is 0 Å². The molecule has 1 heterocycles. The van der Waals surface area contributed by atoms with E-state index in [0.717, 1.165) is 0 Å². The minimum atomic E-state index is -0.360. The van der Waals surface area contributed by atoms with Gasteiger partial charge in [-0.25, -0.2) is 0 Å². The number of aliphatic hydroxyl groups excluding tert-OH is 1. The van der Waals surface area contributed by atoms with Gasteiger partial charge in [0, 0.05) is 31.4 Å². The monoisotopic (exact) mass is 273 g/mol. The molecular weight excluding hydrogens is 250 g/mol. The Morgan fingerprint density at radius 2 is 2.00 bits per heavy atom. The minimum absolute atomic E-state index is 0.245. The van der Waals surface area contributed by atoms with Gasteiger partial charge in [-0.15, -0.1) is 0 Å². The smallest absolute Gasteiger partial charge is 0.0707 e. The van der Waals surface area contributed by atoms with Crippen molar-refractivity contribution in [2.75, 3.05) is 13.6 Å². The van der Waals surface area contributed by atoms with Crippen LogP contribution in [0, 0.1) is 0 Å². The van der Waals surface area contributed by atoms with Crippen LogP contribution in [0.1, 0.15) is 24.1 Å². The van der Waals surface area contributed by atoms with Crippen molar-refractivity contribution in [1.82, 2.24) is 14.7 Å². The molecule has 1 aromatic heterocycles. The third-order valence-corrected chi connectivity index (χ3v) is 3.68. The summed E-state index contributed by atoms with van der Waals surface area (Å²) in [4.78, 5) is 2.16. The Balaban J connectivity index is 1.89. The van der Waals surface area contributed by atoms with E-state index in [1.165, 1.54) is 11.1 Å². The fourth-order valence-electron chi connectivity index (χ4n) is 2.35. The van der Waals surface area contributed by atoms with Gasteiger partial charge in [0.2, 0.25) is 0 Å². The van der Waals surface area contributed by atoms with Crippen LogP contribution in [0.25, 0.3) is 0 Å². The first-order chi connectivity index (χ1) is 9.56. The zero-order chi connectivity index (χ0) is 14.5. The lowest BCUT2D eigenvalue weighted by molar-refractivity contribution is 0.108. The van der Waals surface area contributed by atoms with E-state index in [0.29, 0.717) is 13.0 Å². The molecule has 2 unspecified atom stereocenters. The third kappa shape index (κ3) is 3.92.